The summed E-state index contributed by atoms with van der Waals surface area (Å²) < 4.78 is 5.75. The average Bonchev–Trinajstić information content (AvgIpc) is 2.70. The first-order valence-electron chi connectivity index (χ1n) is 9.68. The fourth-order valence-corrected chi connectivity index (χ4v) is 4.38. The fourth-order valence-electron chi connectivity index (χ4n) is 4.38. The van der Waals surface area contributed by atoms with Crippen molar-refractivity contribution in [3.63, 3.8) is 0 Å². The van der Waals surface area contributed by atoms with Gasteiger partial charge < -0.3 is 9.84 Å². The van der Waals surface area contributed by atoms with Gasteiger partial charge in [0, 0.05) is 11.8 Å². The molecule has 0 heterocycles. The third kappa shape index (κ3) is 3.54. The summed E-state index contributed by atoms with van der Waals surface area (Å²) in [6.07, 6.45) is 0. The lowest BCUT2D eigenvalue weighted by molar-refractivity contribution is -0.158. The second kappa shape index (κ2) is 7.92. The molecule has 1 N–H and O–H groups in total. The molecule has 0 radical (unpaired) electrons. The van der Waals surface area contributed by atoms with E-state index in [1.807, 2.05) is 85.8 Å². The van der Waals surface area contributed by atoms with Crippen LogP contribution in [0.1, 0.15) is 28.5 Å². The van der Waals surface area contributed by atoms with Crippen molar-refractivity contribution in [3.8, 4) is 5.75 Å². The number of para-hydroxylation sites is 1. The number of ether oxygens (including phenoxy) is 1. The molecule has 0 aliphatic heterocycles. The molecule has 146 valence electrons. The van der Waals surface area contributed by atoms with Gasteiger partial charge in [-0.15, -0.1) is 0 Å². The predicted molar refractivity (Wildman–Crippen MR) is 110 cm³/mol. The Hall–Kier alpha value is -3.40. The van der Waals surface area contributed by atoms with Crippen LogP contribution in [0.5, 0.6) is 5.75 Å². The van der Waals surface area contributed by atoms with Crippen LogP contribution >= 0.6 is 0 Å². The summed E-state index contributed by atoms with van der Waals surface area (Å²) >= 11 is 0. The van der Waals surface area contributed by atoms with Gasteiger partial charge in [0.15, 0.2) is 0 Å². The van der Waals surface area contributed by atoms with Crippen LogP contribution in [0.2, 0.25) is 0 Å². The number of benzene rings is 3. The van der Waals surface area contributed by atoms with Gasteiger partial charge in [-0.25, -0.2) is 0 Å². The molecule has 1 aliphatic rings. The Balaban J connectivity index is 1.74. The van der Waals surface area contributed by atoms with E-state index >= 15 is 0 Å². The number of carboxylic acids is 1. The van der Waals surface area contributed by atoms with Crippen LogP contribution in [-0.2, 0) is 9.59 Å². The first kappa shape index (κ1) is 18.9. The topological polar surface area (TPSA) is 63.6 Å². The summed E-state index contributed by atoms with van der Waals surface area (Å²) in [5.74, 6) is -2.90. The summed E-state index contributed by atoms with van der Waals surface area (Å²) in [5.41, 5.74) is 2.56. The Bertz CT molecular complexity index is 966. The first-order valence-corrected chi connectivity index (χ1v) is 9.68. The van der Waals surface area contributed by atoms with E-state index in [2.05, 4.69) is 0 Å². The lowest BCUT2D eigenvalue weighted by Crippen LogP contribution is -2.52. The summed E-state index contributed by atoms with van der Waals surface area (Å²) in [5, 5.41) is 9.98. The highest BCUT2D eigenvalue weighted by Crippen LogP contribution is 2.58. The Labute approximate surface area is 169 Å². The van der Waals surface area contributed by atoms with Crippen LogP contribution in [0, 0.1) is 18.8 Å². The van der Waals surface area contributed by atoms with E-state index in [1.54, 1.807) is 6.07 Å². The maximum absolute atomic E-state index is 13.3. The average molecular weight is 386 g/mol. The lowest BCUT2D eigenvalue weighted by Gasteiger charge is -2.49. The number of esters is 1. The van der Waals surface area contributed by atoms with E-state index in [0.717, 1.165) is 16.7 Å². The van der Waals surface area contributed by atoms with Crippen LogP contribution in [-0.4, -0.2) is 17.0 Å². The van der Waals surface area contributed by atoms with Gasteiger partial charge in [0.1, 0.15) is 5.75 Å². The molecule has 3 aromatic carbocycles. The van der Waals surface area contributed by atoms with Crippen LogP contribution in [0.15, 0.2) is 84.9 Å². The summed E-state index contributed by atoms with van der Waals surface area (Å²) in [6.45, 7) is 1.88. The van der Waals surface area contributed by atoms with Gasteiger partial charge in [-0.3, -0.25) is 9.59 Å². The van der Waals surface area contributed by atoms with Gasteiger partial charge in [-0.2, -0.15) is 0 Å². The zero-order chi connectivity index (χ0) is 20.4. The smallest absolute Gasteiger partial charge is 0.315 e. The molecule has 1 aliphatic carbocycles. The van der Waals surface area contributed by atoms with E-state index in [0.29, 0.717) is 5.75 Å². The number of rotatable bonds is 5. The molecule has 4 heteroatoms. The van der Waals surface area contributed by atoms with Crippen molar-refractivity contribution in [1.29, 1.82) is 0 Å². The van der Waals surface area contributed by atoms with Gasteiger partial charge in [-0.1, -0.05) is 78.9 Å². The Morgan fingerprint density at radius 2 is 1.21 bits per heavy atom. The molecule has 0 aromatic heterocycles. The van der Waals surface area contributed by atoms with Gasteiger partial charge in [0.05, 0.1) is 11.8 Å². The SMILES string of the molecule is Cc1ccccc1OC(=O)C1[C@H](c2ccccc2)C(C(=O)O)[C@@H]1c1ccccc1. The molecule has 4 nitrogen and oxygen atoms in total. The van der Waals surface area contributed by atoms with Gasteiger partial charge in [0.2, 0.25) is 0 Å². The van der Waals surface area contributed by atoms with Crippen molar-refractivity contribution in [1.82, 2.24) is 0 Å². The molecule has 0 amide bonds. The predicted octanol–water partition coefficient (Wildman–Crippen LogP) is 4.80. The van der Waals surface area contributed by atoms with E-state index < -0.39 is 29.6 Å². The number of carbonyl (C=O) groups is 2. The van der Waals surface area contributed by atoms with E-state index in [9.17, 15) is 14.7 Å². The zero-order valence-corrected chi connectivity index (χ0v) is 16.1. The van der Waals surface area contributed by atoms with Crippen molar-refractivity contribution in [2.75, 3.05) is 0 Å². The fraction of sp³-hybridized carbons (Fsp3) is 0.200. The number of carbonyl (C=O) groups excluding carboxylic acids is 1. The quantitative estimate of drug-likeness (QED) is 0.505. The maximum Gasteiger partial charge on any atom is 0.315 e. The largest absolute Gasteiger partial charge is 0.481 e. The Morgan fingerprint density at radius 3 is 1.69 bits per heavy atom. The van der Waals surface area contributed by atoms with E-state index in [1.165, 1.54) is 0 Å². The second-order valence-corrected chi connectivity index (χ2v) is 7.45. The second-order valence-electron chi connectivity index (χ2n) is 7.45. The van der Waals surface area contributed by atoms with Crippen LogP contribution in [0.25, 0.3) is 0 Å². The van der Waals surface area contributed by atoms with Gasteiger partial charge in [-0.05, 0) is 29.7 Å². The highest BCUT2D eigenvalue weighted by molar-refractivity contribution is 5.85. The highest BCUT2D eigenvalue weighted by atomic mass is 16.5. The minimum Gasteiger partial charge on any atom is -0.481 e. The molecule has 1 fully saturated rings. The van der Waals surface area contributed by atoms with Crippen LogP contribution < -0.4 is 4.74 Å². The van der Waals surface area contributed by atoms with Crippen molar-refractivity contribution >= 4 is 11.9 Å². The van der Waals surface area contributed by atoms with Crippen LogP contribution in [0.4, 0.5) is 0 Å². The van der Waals surface area contributed by atoms with E-state index in [-0.39, 0.29) is 5.97 Å². The third-order valence-corrected chi connectivity index (χ3v) is 5.78. The van der Waals surface area contributed by atoms with Crippen molar-refractivity contribution in [3.05, 3.63) is 102 Å². The summed E-state index contributed by atoms with van der Waals surface area (Å²) in [6, 6.07) is 26.1. The van der Waals surface area contributed by atoms with Crippen molar-refractivity contribution in [2.45, 2.75) is 18.8 Å². The first-order chi connectivity index (χ1) is 14.1. The molecule has 0 bridgehead atoms. The normalized spacial score (nSPS) is 23.1. The van der Waals surface area contributed by atoms with Crippen molar-refractivity contribution in [2.24, 2.45) is 11.8 Å². The molecule has 0 spiro atoms. The number of hydrogen-bond donors (Lipinski definition) is 1. The van der Waals surface area contributed by atoms with Crippen LogP contribution in [0.3, 0.4) is 0 Å². The zero-order valence-electron chi connectivity index (χ0n) is 16.1. The lowest BCUT2D eigenvalue weighted by atomic mass is 9.52. The van der Waals surface area contributed by atoms with Crippen molar-refractivity contribution < 1.29 is 19.4 Å². The third-order valence-electron chi connectivity index (χ3n) is 5.78. The highest BCUT2D eigenvalue weighted by Gasteiger charge is 2.59. The standard InChI is InChI=1S/C25H22O4/c1-16-10-8-9-15-19(16)29-25(28)23-20(17-11-4-2-5-12-17)22(24(26)27)21(23)18-13-6-3-7-14-18/h2-15,20-23H,1H3,(H,26,27)/t20-,21+,22?,23?. The Morgan fingerprint density at radius 1 is 0.724 bits per heavy atom. The van der Waals surface area contributed by atoms with Gasteiger partial charge >= 0.3 is 11.9 Å². The van der Waals surface area contributed by atoms with E-state index in [4.69, 9.17) is 4.74 Å². The molecular formula is C25H22O4. The molecule has 0 saturated heterocycles. The minimum atomic E-state index is -0.896. The number of aryl methyl sites for hydroxylation is 1. The summed E-state index contributed by atoms with van der Waals surface area (Å²) in [4.78, 5) is 25.4. The molecule has 2 unspecified atom stereocenters. The number of aliphatic carboxylic acids is 1. The summed E-state index contributed by atoms with van der Waals surface area (Å²) in [7, 11) is 0. The molecule has 4 rings (SSSR count). The molecular weight excluding hydrogens is 364 g/mol. The molecule has 1 saturated carbocycles. The number of carboxylic acid groups (broad SMARTS) is 1. The molecule has 3 aromatic rings. The molecule has 4 atom stereocenters. The molecule has 29 heavy (non-hydrogen) atoms. The van der Waals surface area contributed by atoms with Gasteiger partial charge in [0.25, 0.3) is 0 Å². The maximum atomic E-state index is 13.3. The minimum absolute atomic E-state index is 0.389. The number of hydrogen-bond acceptors (Lipinski definition) is 3. The Kier molecular flexibility index (Phi) is 5.17. The monoisotopic (exact) mass is 386 g/mol.